The van der Waals surface area contributed by atoms with Crippen LogP contribution in [0.1, 0.15) is 51.9 Å². The fourth-order valence-corrected chi connectivity index (χ4v) is 39.6. The van der Waals surface area contributed by atoms with E-state index in [2.05, 4.69) is 105 Å². The second kappa shape index (κ2) is 18.5. The van der Waals surface area contributed by atoms with Gasteiger partial charge in [-0.25, -0.2) is 0 Å². The van der Waals surface area contributed by atoms with Crippen molar-refractivity contribution in [1.29, 1.82) is 0 Å². The standard InChI is InChI=1S/C17H40O4Si4.C16H38O4Si3/c1-22(2,3)19-24(7,8)21-25(9,20-23(4,5)6)13-12-15-10-11-16-17(14-15)18-16;1-8-9-12-21(2,3)19-23(6,7)20-22(4,5)13-10-11-17-14-16-15-18-16/h15-17H,10-14H2,1-9H3;16H,8-15H2,1-7H3. The van der Waals surface area contributed by atoms with Gasteiger partial charge in [-0.1, -0.05) is 19.8 Å². The minimum atomic E-state index is -2.23. The molecule has 286 valence electrons. The van der Waals surface area contributed by atoms with Crippen LogP contribution >= 0.6 is 0 Å². The van der Waals surface area contributed by atoms with Crippen LogP contribution in [0, 0.1) is 5.92 Å². The number of hydrogen-bond donors (Lipinski definition) is 0. The van der Waals surface area contributed by atoms with Gasteiger partial charge in [-0.05, 0) is 154 Å². The Morgan fingerprint density at radius 2 is 1.15 bits per heavy atom. The first-order chi connectivity index (χ1) is 21.7. The van der Waals surface area contributed by atoms with Crippen LogP contribution in [0.5, 0.6) is 0 Å². The Bertz CT molecular complexity index is 953. The summed E-state index contributed by atoms with van der Waals surface area (Å²) in [4.78, 5) is 0. The Morgan fingerprint density at radius 1 is 0.604 bits per heavy atom. The maximum Gasteiger partial charge on any atom is 0.315 e. The van der Waals surface area contributed by atoms with E-state index >= 15 is 0 Å². The van der Waals surface area contributed by atoms with Crippen LogP contribution in [0.3, 0.4) is 0 Å². The SMILES string of the molecule is CCCC[Si](C)(C)O[Si](C)(C)O[Si](C)(C)CCCOCC1CO1.C[Si](C)(C)O[Si](C)(C)O[Si](C)(CCC1CCC2OC2C1)O[Si](C)(C)C. The molecule has 3 fully saturated rings. The molecule has 0 radical (unpaired) electrons. The Morgan fingerprint density at radius 3 is 1.65 bits per heavy atom. The molecule has 2 heterocycles. The molecule has 0 N–H and O–H groups in total. The lowest BCUT2D eigenvalue weighted by molar-refractivity contribution is 0.116. The molecule has 0 spiro atoms. The fourth-order valence-electron chi connectivity index (χ4n) is 7.30. The summed E-state index contributed by atoms with van der Waals surface area (Å²) in [5.41, 5.74) is 0. The van der Waals surface area contributed by atoms with Gasteiger partial charge in [0.15, 0.2) is 33.3 Å². The summed E-state index contributed by atoms with van der Waals surface area (Å²) in [5, 5.41) is 0. The zero-order valence-corrected chi connectivity index (χ0v) is 41.3. The van der Waals surface area contributed by atoms with Crippen molar-refractivity contribution in [1.82, 2.24) is 0 Å². The third-order valence-corrected chi connectivity index (χ3v) is 33.6. The van der Waals surface area contributed by atoms with Crippen molar-refractivity contribution in [3.8, 4) is 0 Å². The Balaban J connectivity index is 0.000000335. The molecule has 48 heavy (non-hydrogen) atoms. The predicted molar refractivity (Wildman–Crippen MR) is 219 cm³/mol. The minimum absolute atomic E-state index is 0.367. The first-order valence-electron chi connectivity index (χ1n) is 19.1. The molecule has 0 amide bonds. The largest absolute Gasteiger partial charge is 0.437 e. The molecule has 0 aromatic carbocycles. The molecule has 0 aromatic heterocycles. The van der Waals surface area contributed by atoms with Crippen LogP contribution in [-0.2, 0) is 34.8 Å². The zero-order valence-electron chi connectivity index (χ0n) is 34.3. The molecule has 2 saturated heterocycles. The molecule has 2 aliphatic heterocycles. The Hall–Kier alpha value is 1.20. The van der Waals surface area contributed by atoms with Gasteiger partial charge in [-0.2, -0.15) is 0 Å². The average Bonchev–Trinajstić information content (AvgIpc) is 3.77. The van der Waals surface area contributed by atoms with Crippen molar-refractivity contribution in [3.05, 3.63) is 0 Å². The Labute approximate surface area is 304 Å². The summed E-state index contributed by atoms with van der Waals surface area (Å²) in [6.45, 7) is 38.7. The summed E-state index contributed by atoms with van der Waals surface area (Å²) in [6, 6.07) is 3.46. The summed E-state index contributed by atoms with van der Waals surface area (Å²) < 4.78 is 49.6. The van der Waals surface area contributed by atoms with Gasteiger partial charge in [0.25, 0.3) is 0 Å². The summed E-state index contributed by atoms with van der Waals surface area (Å²) in [7, 11) is -13.0. The van der Waals surface area contributed by atoms with E-state index in [1.165, 1.54) is 44.6 Å². The quantitative estimate of drug-likeness (QED) is 0.0609. The summed E-state index contributed by atoms with van der Waals surface area (Å²) >= 11 is 0. The van der Waals surface area contributed by atoms with Gasteiger partial charge in [0.1, 0.15) is 6.10 Å². The lowest BCUT2D eigenvalue weighted by Gasteiger charge is -2.41. The van der Waals surface area contributed by atoms with E-state index in [0.29, 0.717) is 18.3 Å². The van der Waals surface area contributed by atoms with Gasteiger partial charge in [0, 0.05) is 6.61 Å². The highest BCUT2D eigenvalue weighted by Crippen LogP contribution is 2.42. The van der Waals surface area contributed by atoms with Gasteiger partial charge in [-0.3, -0.25) is 0 Å². The summed E-state index contributed by atoms with van der Waals surface area (Å²) in [6.07, 6.45) is 10.1. The monoisotopic (exact) mass is 798 g/mol. The second-order valence-corrected chi connectivity index (χ2v) is 47.8. The molecule has 1 saturated carbocycles. The van der Waals surface area contributed by atoms with Crippen molar-refractivity contribution in [2.75, 3.05) is 19.8 Å². The number of epoxide rings is 2. The van der Waals surface area contributed by atoms with Crippen LogP contribution in [0.25, 0.3) is 0 Å². The maximum absolute atomic E-state index is 6.78. The van der Waals surface area contributed by atoms with Crippen molar-refractivity contribution in [3.63, 3.8) is 0 Å². The van der Waals surface area contributed by atoms with E-state index in [-0.39, 0.29) is 0 Å². The van der Waals surface area contributed by atoms with E-state index in [9.17, 15) is 0 Å². The van der Waals surface area contributed by atoms with Gasteiger partial charge < -0.3 is 34.8 Å². The molecular weight excluding hydrogens is 721 g/mol. The molecule has 15 heteroatoms. The molecule has 0 aromatic rings. The van der Waals surface area contributed by atoms with Crippen molar-refractivity contribution in [2.24, 2.45) is 5.92 Å². The lowest BCUT2D eigenvalue weighted by atomic mass is 9.88. The molecule has 5 unspecified atom stereocenters. The predicted octanol–water partition coefficient (Wildman–Crippen LogP) is 10.2. The number of ether oxygens (including phenoxy) is 3. The van der Waals surface area contributed by atoms with E-state index in [4.69, 9.17) is 34.8 Å². The first-order valence-corrected chi connectivity index (χ1v) is 40.3. The third kappa shape index (κ3) is 21.0. The normalized spacial score (nSPS) is 24.8. The van der Waals surface area contributed by atoms with E-state index in [0.717, 1.165) is 44.2 Å². The molecule has 1 aliphatic carbocycles. The van der Waals surface area contributed by atoms with Gasteiger partial charge in [0.05, 0.1) is 25.4 Å². The molecule has 0 bridgehead atoms. The van der Waals surface area contributed by atoms with Crippen LogP contribution in [-0.4, -0.2) is 97.1 Å². The van der Waals surface area contributed by atoms with E-state index in [1.54, 1.807) is 0 Å². The zero-order chi connectivity index (χ0) is 36.7. The van der Waals surface area contributed by atoms with Crippen LogP contribution in [0.15, 0.2) is 0 Å². The van der Waals surface area contributed by atoms with Gasteiger partial charge >= 0.3 is 25.7 Å². The molecule has 3 rings (SSSR count). The summed E-state index contributed by atoms with van der Waals surface area (Å²) in [5.74, 6) is 0.784. The smallest absolute Gasteiger partial charge is 0.315 e. The van der Waals surface area contributed by atoms with E-state index < -0.39 is 59.0 Å². The molecule has 3 aliphatic rings. The van der Waals surface area contributed by atoms with E-state index in [1.807, 2.05) is 0 Å². The maximum atomic E-state index is 6.78. The highest BCUT2D eigenvalue weighted by molar-refractivity contribution is 6.89. The fraction of sp³-hybridized carbons (Fsp3) is 1.00. The minimum Gasteiger partial charge on any atom is -0.437 e. The topological polar surface area (TPSA) is 80.4 Å². The number of rotatable bonds is 22. The van der Waals surface area contributed by atoms with Crippen molar-refractivity contribution >= 4 is 59.0 Å². The highest BCUT2D eigenvalue weighted by Gasteiger charge is 2.47. The molecule has 5 atom stereocenters. The number of fused-ring (bicyclic) bond motifs is 1. The van der Waals surface area contributed by atoms with Crippen LogP contribution < -0.4 is 0 Å². The number of hydrogen-bond acceptors (Lipinski definition) is 8. The van der Waals surface area contributed by atoms with Crippen LogP contribution in [0.2, 0.25) is 116 Å². The van der Waals surface area contributed by atoms with Crippen molar-refractivity contribution < 1.29 is 34.8 Å². The van der Waals surface area contributed by atoms with Gasteiger partial charge in [-0.15, -0.1) is 0 Å². The average molecular weight is 800 g/mol. The first kappa shape index (κ1) is 45.4. The third-order valence-electron chi connectivity index (χ3n) is 8.61. The van der Waals surface area contributed by atoms with Crippen LogP contribution in [0.4, 0.5) is 0 Å². The molecule has 8 nitrogen and oxygen atoms in total. The van der Waals surface area contributed by atoms with Crippen molar-refractivity contribution in [2.45, 2.75) is 187 Å². The second-order valence-electron chi connectivity index (χ2n) is 18.9. The van der Waals surface area contributed by atoms with Gasteiger partial charge in [0.2, 0.25) is 0 Å². The highest BCUT2D eigenvalue weighted by atomic mass is 28.5. The Kier molecular flexibility index (Phi) is 17.5. The number of unbranched alkanes of at least 4 members (excludes halogenated alkanes) is 1. The lowest BCUT2D eigenvalue weighted by Crippen LogP contribution is -2.56. The molecular formula is C33H78O8Si7.